The normalized spacial score (nSPS) is 12.1. The van der Waals surface area contributed by atoms with E-state index in [9.17, 15) is 9.90 Å². The van der Waals surface area contributed by atoms with Crippen LogP contribution in [0.5, 0.6) is 0 Å². The fraction of sp³-hybridized carbons (Fsp3) is 0.250. The second-order valence-electron chi connectivity index (χ2n) is 7.75. The largest absolute Gasteiger partial charge is 0.423 e. The molecule has 3 rings (SSSR count). The Balaban J connectivity index is 1.99. The summed E-state index contributed by atoms with van der Waals surface area (Å²) in [4.78, 5) is 14.5. The van der Waals surface area contributed by atoms with Gasteiger partial charge in [-0.2, -0.15) is 0 Å². The summed E-state index contributed by atoms with van der Waals surface area (Å²) in [7, 11) is 0. The first kappa shape index (κ1) is 23.5. The van der Waals surface area contributed by atoms with Crippen LogP contribution in [-0.2, 0) is 6.54 Å². The second kappa shape index (κ2) is 11.4. The highest BCUT2D eigenvalue weighted by atomic mass is 16.4. The Bertz CT molecular complexity index is 1130. The van der Waals surface area contributed by atoms with Crippen molar-refractivity contribution in [2.75, 3.05) is 19.7 Å². The second-order valence-corrected chi connectivity index (χ2v) is 7.75. The van der Waals surface area contributed by atoms with Crippen LogP contribution < -0.4 is 5.63 Å². The molecule has 32 heavy (non-hydrogen) atoms. The van der Waals surface area contributed by atoms with Crippen LogP contribution in [0.15, 0.2) is 76.0 Å². The van der Waals surface area contributed by atoms with Gasteiger partial charge in [-0.15, -0.1) is 0 Å². The minimum Gasteiger partial charge on any atom is -0.423 e. The lowest BCUT2D eigenvalue weighted by Crippen LogP contribution is -2.25. The van der Waals surface area contributed by atoms with Gasteiger partial charge < -0.3 is 9.52 Å². The summed E-state index contributed by atoms with van der Waals surface area (Å²) in [6.07, 6.45) is 5.83. The zero-order valence-electron chi connectivity index (χ0n) is 19.0. The first-order valence-corrected chi connectivity index (χ1v) is 11.0. The molecule has 1 heterocycles. The average molecular weight is 430 g/mol. The van der Waals surface area contributed by atoms with Gasteiger partial charge in [0.25, 0.3) is 0 Å². The molecule has 0 amide bonds. The van der Waals surface area contributed by atoms with Crippen LogP contribution in [0.1, 0.15) is 43.2 Å². The third-order valence-electron chi connectivity index (χ3n) is 5.42. The number of hydrogen-bond acceptors (Lipinski definition) is 4. The first-order chi connectivity index (χ1) is 15.5. The summed E-state index contributed by atoms with van der Waals surface area (Å²) in [6, 6.07) is 19.9. The molecular formula is C28H31NO3. The Morgan fingerprint density at radius 3 is 2.44 bits per heavy atom. The molecule has 4 nitrogen and oxygen atoms in total. The minimum atomic E-state index is -0.360. The van der Waals surface area contributed by atoms with Gasteiger partial charge >= 0.3 is 5.63 Å². The molecule has 0 saturated carbocycles. The standard InChI is InChI=1S/C28H31NO3/c1-4-9-26-28(25(19-27(31)32-26)24-10-7-6-8-11-24)21(3)18-22-12-14-23(15-13-22)20-29(5-2)16-17-30/h4,6-15,18-19,30H,5,16-17,20H2,1-3H3. The first-order valence-electron chi connectivity index (χ1n) is 11.0. The topological polar surface area (TPSA) is 53.7 Å². The highest BCUT2D eigenvalue weighted by Gasteiger charge is 2.15. The lowest BCUT2D eigenvalue weighted by Gasteiger charge is -2.19. The van der Waals surface area contributed by atoms with Crippen LogP contribution in [0.4, 0.5) is 0 Å². The molecule has 0 aliphatic rings. The van der Waals surface area contributed by atoms with E-state index in [1.54, 1.807) is 6.07 Å². The predicted octanol–water partition coefficient (Wildman–Crippen LogP) is 5.71. The van der Waals surface area contributed by atoms with E-state index in [1.807, 2.05) is 56.3 Å². The van der Waals surface area contributed by atoms with E-state index < -0.39 is 0 Å². The summed E-state index contributed by atoms with van der Waals surface area (Å²) in [5, 5.41) is 9.20. The van der Waals surface area contributed by atoms with E-state index >= 15 is 0 Å². The zero-order chi connectivity index (χ0) is 22.9. The summed E-state index contributed by atoms with van der Waals surface area (Å²) >= 11 is 0. The van der Waals surface area contributed by atoms with E-state index in [-0.39, 0.29) is 12.2 Å². The van der Waals surface area contributed by atoms with Crippen LogP contribution in [-0.4, -0.2) is 29.7 Å². The molecule has 166 valence electrons. The van der Waals surface area contributed by atoms with Gasteiger partial charge in [-0.05, 0) is 48.7 Å². The molecule has 0 aliphatic carbocycles. The molecule has 0 fully saturated rings. The van der Waals surface area contributed by atoms with Crippen molar-refractivity contribution in [1.29, 1.82) is 0 Å². The van der Waals surface area contributed by atoms with Crippen LogP contribution in [0.2, 0.25) is 0 Å². The van der Waals surface area contributed by atoms with Gasteiger partial charge in [-0.1, -0.05) is 73.7 Å². The smallest absolute Gasteiger partial charge is 0.336 e. The monoisotopic (exact) mass is 429 g/mol. The maximum Gasteiger partial charge on any atom is 0.336 e. The van der Waals surface area contributed by atoms with E-state index in [1.165, 1.54) is 5.56 Å². The summed E-state index contributed by atoms with van der Waals surface area (Å²) < 4.78 is 5.56. The summed E-state index contributed by atoms with van der Waals surface area (Å²) in [5.41, 5.74) is 5.70. The van der Waals surface area contributed by atoms with Crippen LogP contribution in [0.25, 0.3) is 28.9 Å². The van der Waals surface area contributed by atoms with Crippen molar-refractivity contribution >= 4 is 17.7 Å². The number of rotatable bonds is 9. The quantitative estimate of drug-likeness (QED) is 0.473. The van der Waals surface area contributed by atoms with Gasteiger partial charge in [0.05, 0.1) is 6.61 Å². The zero-order valence-corrected chi connectivity index (χ0v) is 19.0. The maximum atomic E-state index is 12.2. The number of nitrogens with zero attached hydrogens (tertiary/aromatic N) is 1. The van der Waals surface area contributed by atoms with Crippen molar-refractivity contribution in [3.8, 4) is 11.1 Å². The van der Waals surface area contributed by atoms with Crippen LogP contribution in [0.3, 0.4) is 0 Å². The fourth-order valence-corrected chi connectivity index (χ4v) is 3.82. The van der Waals surface area contributed by atoms with Gasteiger partial charge in [-0.25, -0.2) is 4.79 Å². The third kappa shape index (κ3) is 5.94. The molecule has 1 N–H and O–H groups in total. The highest BCUT2D eigenvalue weighted by Crippen LogP contribution is 2.32. The summed E-state index contributed by atoms with van der Waals surface area (Å²) in [6.45, 7) is 8.60. The van der Waals surface area contributed by atoms with E-state index in [4.69, 9.17) is 4.42 Å². The Labute approximate surface area is 190 Å². The lowest BCUT2D eigenvalue weighted by molar-refractivity contribution is 0.197. The van der Waals surface area contributed by atoms with Gasteiger partial charge in [0, 0.05) is 30.3 Å². The third-order valence-corrected chi connectivity index (χ3v) is 5.42. The van der Waals surface area contributed by atoms with Crippen LogP contribution >= 0.6 is 0 Å². The number of allylic oxidation sites excluding steroid dienone is 2. The molecule has 0 aliphatic heterocycles. The molecule has 0 unspecified atom stereocenters. The van der Waals surface area contributed by atoms with Gasteiger partial charge in [-0.3, -0.25) is 4.90 Å². The van der Waals surface area contributed by atoms with Gasteiger partial charge in [0.15, 0.2) is 0 Å². The van der Waals surface area contributed by atoms with Crippen molar-refractivity contribution in [3.63, 3.8) is 0 Å². The number of likely N-dealkylation sites (N-methyl/N-ethyl adjacent to an activating group) is 1. The van der Waals surface area contributed by atoms with E-state index in [2.05, 4.69) is 42.2 Å². The van der Waals surface area contributed by atoms with Crippen molar-refractivity contribution in [3.05, 3.63) is 99.6 Å². The number of aliphatic hydroxyl groups is 1. The predicted molar refractivity (Wildman–Crippen MR) is 133 cm³/mol. The number of benzene rings is 2. The van der Waals surface area contributed by atoms with Gasteiger partial charge in [0.2, 0.25) is 0 Å². The fourth-order valence-electron chi connectivity index (χ4n) is 3.82. The van der Waals surface area contributed by atoms with Crippen molar-refractivity contribution < 1.29 is 9.52 Å². The van der Waals surface area contributed by atoms with Crippen molar-refractivity contribution in [1.82, 2.24) is 4.90 Å². The SMILES string of the molecule is CC=Cc1oc(=O)cc(-c2ccccc2)c1C(C)=Cc1ccc(CN(CC)CCO)cc1. The Morgan fingerprint density at radius 2 is 1.81 bits per heavy atom. The van der Waals surface area contributed by atoms with Gasteiger partial charge in [0.1, 0.15) is 5.76 Å². The average Bonchev–Trinajstić information content (AvgIpc) is 2.80. The van der Waals surface area contributed by atoms with E-state index in [0.717, 1.165) is 40.9 Å². The Hall–Kier alpha value is -3.21. The van der Waals surface area contributed by atoms with E-state index in [0.29, 0.717) is 12.3 Å². The Morgan fingerprint density at radius 1 is 1.09 bits per heavy atom. The molecule has 0 radical (unpaired) electrons. The molecule has 2 aromatic carbocycles. The molecule has 3 aromatic rings. The summed E-state index contributed by atoms with van der Waals surface area (Å²) in [5.74, 6) is 0.562. The maximum absolute atomic E-state index is 12.2. The Kier molecular flexibility index (Phi) is 8.37. The molecule has 1 aromatic heterocycles. The molecule has 0 atom stereocenters. The van der Waals surface area contributed by atoms with Crippen molar-refractivity contribution in [2.24, 2.45) is 0 Å². The molecule has 0 bridgehead atoms. The van der Waals surface area contributed by atoms with Crippen molar-refractivity contribution in [2.45, 2.75) is 27.3 Å². The number of aliphatic hydroxyl groups excluding tert-OH is 1. The van der Waals surface area contributed by atoms with Crippen LogP contribution in [0, 0.1) is 0 Å². The lowest BCUT2D eigenvalue weighted by atomic mass is 9.93. The molecular weight excluding hydrogens is 398 g/mol. The highest BCUT2D eigenvalue weighted by molar-refractivity contribution is 5.90. The minimum absolute atomic E-state index is 0.166. The molecule has 0 spiro atoms. The molecule has 0 saturated heterocycles. The number of hydrogen-bond donors (Lipinski definition) is 1. The molecule has 4 heteroatoms.